The third-order valence-corrected chi connectivity index (χ3v) is 4.35. The fourth-order valence-electron chi connectivity index (χ4n) is 2.41. The zero-order valence-electron chi connectivity index (χ0n) is 11.8. The highest BCUT2D eigenvalue weighted by Gasteiger charge is 2.17. The van der Waals surface area contributed by atoms with Crippen LogP contribution in [0.25, 0.3) is 0 Å². The van der Waals surface area contributed by atoms with E-state index in [1.54, 1.807) is 11.8 Å². The summed E-state index contributed by atoms with van der Waals surface area (Å²) in [6.07, 6.45) is 3.86. The second-order valence-corrected chi connectivity index (χ2v) is 6.02. The third-order valence-electron chi connectivity index (χ3n) is 3.47. The molecule has 0 fully saturated rings. The molecule has 1 aliphatic heterocycles. The van der Waals surface area contributed by atoms with Crippen LogP contribution in [0.3, 0.4) is 0 Å². The van der Waals surface area contributed by atoms with Gasteiger partial charge in [0.1, 0.15) is 5.82 Å². The molecule has 1 aromatic heterocycles. The van der Waals surface area contributed by atoms with Crippen molar-refractivity contribution >= 4 is 34.9 Å². The van der Waals surface area contributed by atoms with Crippen molar-refractivity contribution in [3.8, 4) is 0 Å². The smallest absolute Gasteiger partial charge is 0.189 e. The zero-order chi connectivity index (χ0) is 14.7. The minimum atomic E-state index is 0.697. The first-order chi connectivity index (χ1) is 10.3. The average Bonchev–Trinajstić information content (AvgIpc) is 2.74. The van der Waals surface area contributed by atoms with Gasteiger partial charge in [-0.15, -0.1) is 0 Å². The van der Waals surface area contributed by atoms with Crippen molar-refractivity contribution in [3.05, 3.63) is 40.5 Å². The fourth-order valence-corrected chi connectivity index (χ4v) is 2.97. The molecule has 0 spiro atoms. The van der Waals surface area contributed by atoms with E-state index >= 15 is 0 Å². The SMILES string of the molecule is CSc1nc2c(c(Nc3ccccc3Cl)n1)CCNCC2. The fraction of sp³-hybridized carbons (Fsp3) is 0.333. The van der Waals surface area contributed by atoms with E-state index < -0.39 is 0 Å². The minimum Gasteiger partial charge on any atom is -0.339 e. The first kappa shape index (κ1) is 14.6. The first-order valence-corrected chi connectivity index (χ1v) is 8.54. The van der Waals surface area contributed by atoms with Gasteiger partial charge in [0.05, 0.1) is 16.4 Å². The molecular formula is C15H17ClN4S. The van der Waals surface area contributed by atoms with E-state index in [1.807, 2.05) is 30.5 Å². The van der Waals surface area contributed by atoms with E-state index in [4.69, 9.17) is 11.6 Å². The number of aromatic nitrogens is 2. The van der Waals surface area contributed by atoms with Crippen molar-refractivity contribution in [1.29, 1.82) is 0 Å². The number of nitrogens with one attached hydrogen (secondary N) is 2. The van der Waals surface area contributed by atoms with Gasteiger partial charge in [-0.3, -0.25) is 0 Å². The Kier molecular flexibility index (Phi) is 4.63. The molecule has 0 amide bonds. The van der Waals surface area contributed by atoms with Gasteiger partial charge < -0.3 is 10.6 Å². The molecule has 3 rings (SSSR count). The number of anilines is 2. The van der Waals surface area contributed by atoms with Crippen molar-refractivity contribution in [2.24, 2.45) is 0 Å². The van der Waals surface area contributed by atoms with Crippen LogP contribution < -0.4 is 10.6 Å². The summed E-state index contributed by atoms with van der Waals surface area (Å²) >= 11 is 7.80. The quantitative estimate of drug-likeness (QED) is 0.671. The monoisotopic (exact) mass is 320 g/mol. The summed E-state index contributed by atoms with van der Waals surface area (Å²) in [7, 11) is 0. The van der Waals surface area contributed by atoms with Gasteiger partial charge in [0.15, 0.2) is 5.16 Å². The lowest BCUT2D eigenvalue weighted by molar-refractivity contribution is 0.707. The van der Waals surface area contributed by atoms with Crippen LogP contribution in [-0.4, -0.2) is 29.3 Å². The lowest BCUT2D eigenvalue weighted by atomic mass is 10.1. The number of para-hydroxylation sites is 1. The van der Waals surface area contributed by atoms with E-state index in [2.05, 4.69) is 20.6 Å². The summed E-state index contributed by atoms with van der Waals surface area (Å²) in [6, 6.07) is 7.72. The highest BCUT2D eigenvalue weighted by molar-refractivity contribution is 7.98. The Morgan fingerprint density at radius 1 is 1.19 bits per heavy atom. The summed E-state index contributed by atoms with van der Waals surface area (Å²) in [5.74, 6) is 0.876. The van der Waals surface area contributed by atoms with E-state index in [0.29, 0.717) is 5.02 Å². The highest BCUT2D eigenvalue weighted by Crippen LogP contribution is 2.29. The van der Waals surface area contributed by atoms with E-state index in [0.717, 1.165) is 48.3 Å². The summed E-state index contributed by atoms with van der Waals surface area (Å²) < 4.78 is 0. The number of hydrogen-bond donors (Lipinski definition) is 2. The molecule has 1 aliphatic rings. The molecule has 0 radical (unpaired) electrons. The number of thioether (sulfide) groups is 1. The molecule has 0 saturated heterocycles. The number of nitrogens with zero attached hydrogens (tertiary/aromatic N) is 2. The minimum absolute atomic E-state index is 0.697. The van der Waals surface area contributed by atoms with Gasteiger partial charge in [-0.05, 0) is 31.4 Å². The second-order valence-electron chi connectivity index (χ2n) is 4.84. The van der Waals surface area contributed by atoms with Crippen LogP contribution in [-0.2, 0) is 12.8 Å². The van der Waals surface area contributed by atoms with E-state index in [-0.39, 0.29) is 0 Å². The third kappa shape index (κ3) is 3.31. The molecule has 4 nitrogen and oxygen atoms in total. The molecule has 2 heterocycles. The lowest BCUT2D eigenvalue weighted by Gasteiger charge is -2.14. The van der Waals surface area contributed by atoms with Crippen molar-refractivity contribution in [2.75, 3.05) is 24.7 Å². The van der Waals surface area contributed by atoms with E-state index in [1.165, 1.54) is 5.56 Å². The summed E-state index contributed by atoms with van der Waals surface area (Å²) in [6.45, 7) is 1.91. The standard InChI is InChI=1S/C15H17ClN4S/c1-21-15-19-12-7-9-17-8-6-10(12)14(20-15)18-13-5-3-2-4-11(13)16/h2-5,17H,6-9H2,1H3,(H,18,19,20). The number of benzene rings is 1. The molecule has 110 valence electrons. The van der Waals surface area contributed by atoms with Gasteiger partial charge in [0.2, 0.25) is 0 Å². The molecule has 0 aliphatic carbocycles. The molecule has 0 bridgehead atoms. The highest BCUT2D eigenvalue weighted by atomic mass is 35.5. The van der Waals surface area contributed by atoms with Crippen LogP contribution in [0.4, 0.5) is 11.5 Å². The van der Waals surface area contributed by atoms with Crippen molar-refractivity contribution in [3.63, 3.8) is 0 Å². The van der Waals surface area contributed by atoms with Crippen LogP contribution in [0.5, 0.6) is 0 Å². The lowest BCUT2D eigenvalue weighted by Crippen LogP contribution is -2.16. The Morgan fingerprint density at radius 2 is 2.00 bits per heavy atom. The summed E-state index contributed by atoms with van der Waals surface area (Å²) in [5, 5.41) is 8.28. The van der Waals surface area contributed by atoms with Crippen molar-refractivity contribution < 1.29 is 0 Å². The number of rotatable bonds is 3. The summed E-state index contributed by atoms with van der Waals surface area (Å²) in [4.78, 5) is 9.29. The predicted molar refractivity (Wildman–Crippen MR) is 88.8 cm³/mol. The Labute approximate surface area is 133 Å². The van der Waals surface area contributed by atoms with Crippen molar-refractivity contribution in [2.45, 2.75) is 18.0 Å². The molecular weight excluding hydrogens is 304 g/mol. The number of hydrogen-bond acceptors (Lipinski definition) is 5. The second kappa shape index (κ2) is 6.64. The summed E-state index contributed by atoms with van der Waals surface area (Å²) in [5.41, 5.74) is 3.20. The van der Waals surface area contributed by atoms with Crippen LogP contribution >= 0.6 is 23.4 Å². The molecule has 21 heavy (non-hydrogen) atoms. The molecule has 2 N–H and O–H groups in total. The Bertz CT molecular complexity index is 648. The first-order valence-electron chi connectivity index (χ1n) is 6.94. The zero-order valence-corrected chi connectivity index (χ0v) is 13.4. The Balaban J connectivity index is 2.02. The van der Waals surface area contributed by atoms with Crippen LogP contribution in [0.2, 0.25) is 5.02 Å². The molecule has 0 saturated carbocycles. The maximum absolute atomic E-state index is 6.24. The van der Waals surface area contributed by atoms with E-state index in [9.17, 15) is 0 Å². The largest absolute Gasteiger partial charge is 0.339 e. The maximum Gasteiger partial charge on any atom is 0.189 e. The Morgan fingerprint density at radius 3 is 2.81 bits per heavy atom. The van der Waals surface area contributed by atoms with Gasteiger partial charge in [-0.25, -0.2) is 9.97 Å². The van der Waals surface area contributed by atoms with Crippen LogP contribution in [0.15, 0.2) is 29.4 Å². The van der Waals surface area contributed by atoms with Gasteiger partial charge in [0.25, 0.3) is 0 Å². The van der Waals surface area contributed by atoms with Gasteiger partial charge in [0, 0.05) is 18.5 Å². The number of fused-ring (bicyclic) bond motifs is 1. The predicted octanol–water partition coefficient (Wildman–Crippen LogP) is 3.28. The normalized spacial score (nSPS) is 14.4. The Hall–Kier alpha value is -1.30. The maximum atomic E-state index is 6.24. The molecule has 1 aromatic carbocycles. The molecule has 2 aromatic rings. The van der Waals surface area contributed by atoms with Gasteiger partial charge in [-0.1, -0.05) is 35.5 Å². The van der Waals surface area contributed by atoms with Gasteiger partial charge in [-0.2, -0.15) is 0 Å². The van der Waals surface area contributed by atoms with Crippen molar-refractivity contribution in [1.82, 2.24) is 15.3 Å². The molecule has 6 heteroatoms. The van der Waals surface area contributed by atoms with Crippen LogP contribution in [0, 0.1) is 0 Å². The number of halogens is 1. The van der Waals surface area contributed by atoms with Gasteiger partial charge >= 0.3 is 0 Å². The topological polar surface area (TPSA) is 49.8 Å². The average molecular weight is 321 g/mol. The molecule has 0 atom stereocenters. The van der Waals surface area contributed by atoms with Crippen LogP contribution in [0.1, 0.15) is 11.3 Å². The molecule has 0 unspecified atom stereocenters.